The normalized spacial score (nSPS) is 10.8. The minimum Gasteiger partial charge on any atom is -0.443 e. The van der Waals surface area contributed by atoms with Crippen LogP contribution in [-0.2, 0) is 4.74 Å². The number of carbonyl (C=O) groups is 2. The summed E-state index contributed by atoms with van der Waals surface area (Å²) in [4.78, 5) is 27.1. The predicted octanol–water partition coefficient (Wildman–Crippen LogP) is 1.62. The van der Waals surface area contributed by atoms with Crippen molar-refractivity contribution in [3.63, 3.8) is 0 Å². The molecule has 2 amide bonds. The smallest absolute Gasteiger partial charge is 0.426 e. The SMILES string of the molecule is Cc1ncc(C(=O)NNC(=O)OC(C)(C)C)s1. The number of nitrogens with zero attached hydrogens (tertiary/aromatic N) is 1. The molecule has 0 aliphatic heterocycles. The fraction of sp³-hybridized carbons (Fsp3) is 0.500. The van der Waals surface area contributed by atoms with Gasteiger partial charge in [0.05, 0.1) is 11.2 Å². The molecular weight excluding hydrogens is 242 g/mol. The Hall–Kier alpha value is -1.63. The lowest BCUT2D eigenvalue weighted by Gasteiger charge is -2.19. The summed E-state index contributed by atoms with van der Waals surface area (Å²) in [6, 6.07) is 0. The highest BCUT2D eigenvalue weighted by molar-refractivity contribution is 7.13. The topological polar surface area (TPSA) is 80.3 Å². The first kappa shape index (κ1) is 13.4. The zero-order chi connectivity index (χ0) is 13.1. The zero-order valence-corrected chi connectivity index (χ0v) is 11.0. The lowest BCUT2D eigenvalue weighted by atomic mass is 10.2. The van der Waals surface area contributed by atoms with E-state index < -0.39 is 17.6 Å². The number of hydrazine groups is 1. The van der Waals surface area contributed by atoms with E-state index in [2.05, 4.69) is 15.8 Å². The molecule has 0 bridgehead atoms. The molecule has 0 fully saturated rings. The molecule has 7 heteroatoms. The van der Waals surface area contributed by atoms with Gasteiger partial charge in [-0.1, -0.05) is 0 Å². The zero-order valence-electron chi connectivity index (χ0n) is 10.2. The van der Waals surface area contributed by atoms with Crippen LogP contribution in [0.25, 0.3) is 0 Å². The van der Waals surface area contributed by atoms with Crippen molar-refractivity contribution in [1.29, 1.82) is 0 Å². The molecule has 0 aliphatic rings. The Morgan fingerprint density at radius 1 is 1.35 bits per heavy atom. The number of nitrogens with one attached hydrogen (secondary N) is 2. The molecule has 1 rings (SSSR count). The summed E-state index contributed by atoms with van der Waals surface area (Å²) in [5.41, 5.74) is 3.81. The Balaban J connectivity index is 2.41. The van der Waals surface area contributed by atoms with E-state index in [1.54, 1.807) is 27.7 Å². The number of aromatic nitrogens is 1. The van der Waals surface area contributed by atoms with Crippen LogP contribution in [0.5, 0.6) is 0 Å². The molecule has 6 nitrogen and oxygen atoms in total. The highest BCUT2D eigenvalue weighted by Crippen LogP contribution is 2.10. The van der Waals surface area contributed by atoms with E-state index in [-0.39, 0.29) is 0 Å². The van der Waals surface area contributed by atoms with E-state index in [4.69, 9.17) is 4.74 Å². The molecule has 0 saturated carbocycles. The summed E-state index contributed by atoms with van der Waals surface area (Å²) in [6.45, 7) is 7.01. The highest BCUT2D eigenvalue weighted by Gasteiger charge is 2.17. The Kier molecular flexibility index (Phi) is 4.06. The fourth-order valence-electron chi connectivity index (χ4n) is 0.939. The van der Waals surface area contributed by atoms with Gasteiger partial charge in [0, 0.05) is 0 Å². The maximum absolute atomic E-state index is 11.5. The van der Waals surface area contributed by atoms with Crippen molar-refractivity contribution in [3.05, 3.63) is 16.1 Å². The van der Waals surface area contributed by atoms with Crippen molar-refractivity contribution in [3.8, 4) is 0 Å². The van der Waals surface area contributed by atoms with E-state index in [0.29, 0.717) is 4.88 Å². The summed E-state index contributed by atoms with van der Waals surface area (Å²) < 4.78 is 4.95. The first-order chi connectivity index (χ1) is 7.78. The third-order valence-electron chi connectivity index (χ3n) is 1.52. The largest absolute Gasteiger partial charge is 0.443 e. The van der Waals surface area contributed by atoms with E-state index >= 15 is 0 Å². The Labute approximate surface area is 103 Å². The molecule has 0 radical (unpaired) electrons. The van der Waals surface area contributed by atoms with Crippen LogP contribution in [0.1, 0.15) is 35.5 Å². The van der Waals surface area contributed by atoms with E-state index in [1.807, 2.05) is 0 Å². The van der Waals surface area contributed by atoms with Gasteiger partial charge in [-0.05, 0) is 27.7 Å². The van der Waals surface area contributed by atoms with Crippen LogP contribution in [0.15, 0.2) is 6.20 Å². The summed E-state index contributed by atoms with van der Waals surface area (Å²) in [6.07, 6.45) is 0.749. The van der Waals surface area contributed by atoms with Gasteiger partial charge >= 0.3 is 6.09 Å². The third kappa shape index (κ3) is 4.81. The van der Waals surface area contributed by atoms with Gasteiger partial charge in [-0.25, -0.2) is 15.2 Å². The van der Waals surface area contributed by atoms with Crippen molar-refractivity contribution >= 4 is 23.3 Å². The van der Waals surface area contributed by atoms with Crippen LogP contribution in [-0.4, -0.2) is 22.6 Å². The van der Waals surface area contributed by atoms with Crippen molar-refractivity contribution in [2.75, 3.05) is 0 Å². The van der Waals surface area contributed by atoms with Crippen LogP contribution < -0.4 is 10.9 Å². The molecule has 17 heavy (non-hydrogen) atoms. The molecule has 1 aromatic heterocycles. The van der Waals surface area contributed by atoms with Crippen molar-refractivity contribution in [2.24, 2.45) is 0 Å². The Morgan fingerprint density at radius 3 is 2.47 bits per heavy atom. The second-order valence-electron chi connectivity index (χ2n) is 4.32. The van der Waals surface area contributed by atoms with Crippen molar-refractivity contribution < 1.29 is 14.3 Å². The summed E-state index contributed by atoms with van der Waals surface area (Å²) >= 11 is 1.25. The van der Waals surface area contributed by atoms with Crippen LogP contribution in [0, 0.1) is 6.92 Å². The van der Waals surface area contributed by atoms with Gasteiger partial charge in [0.1, 0.15) is 10.5 Å². The molecule has 2 N–H and O–H groups in total. The summed E-state index contributed by atoms with van der Waals surface area (Å²) in [5, 5.41) is 0.785. The van der Waals surface area contributed by atoms with Gasteiger partial charge in [-0.2, -0.15) is 0 Å². The number of amides is 2. The van der Waals surface area contributed by atoms with Gasteiger partial charge in [-0.15, -0.1) is 11.3 Å². The van der Waals surface area contributed by atoms with Crippen molar-refractivity contribution in [1.82, 2.24) is 15.8 Å². The molecule has 0 aromatic carbocycles. The molecule has 94 valence electrons. The molecule has 0 saturated heterocycles. The van der Waals surface area contributed by atoms with E-state index in [9.17, 15) is 9.59 Å². The van der Waals surface area contributed by atoms with Crippen LogP contribution >= 0.6 is 11.3 Å². The van der Waals surface area contributed by atoms with Crippen LogP contribution in [0.2, 0.25) is 0 Å². The second kappa shape index (κ2) is 5.13. The number of rotatable bonds is 1. The molecule has 0 atom stereocenters. The third-order valence-corrected chi connectivity index (χ3v) is 2.43. The molecule has 1 aromatic rings. The quantitative estimate of drug-likeness (QED) is 0.749. The van der Waals surface area contributed by atoms with Crippen LogP contribution in [0.4, 0.5) is 4.79 Å². The minimum absolute atomic E-state index is 0.415. The van der Waals surface area contributed by atoms with Gasteiger partial charge in [0.15, 0.2) is 0 Å². The van der Waals surface area contributed by atoms with E-state index in [1.165, 1.54) is 17.5 Å². The average Bonchev–Trinajstić information content (AvgIpc) is 2.58. The number of thiazole rings is 1. The number of ether oxygens (including phenoxy) is 1. The maximum Gasteiger partial charge on any atom is 0.426 e. The number of carbonyl (C=O) groups excluding carboxylic acids is 2. The molecule has 0 unspecified atom stereocenters. The number of hydrogen-bond donors (Lipinski definition) is 2. The number of hydrogen-bond acceptors (Lipinski definition) is 5. The number of aryl methyl sites for hydroxylation is 1. The second-order valence-corrected chi connectivity index (χ2v) is 5.56. The van der Waals surface area contributed by atoms with Crippen LogP contribution in [0.3, 0.4) is 0 Å². The fourth-order valence-corrected chi connectivity index (χ4v) is 1.61. The van der Waals surface area contributed by atoms with Gasteiger partial charge in [-0.3, -0.25) is 10.2 Å². The van der Waals surface area contributed by atoms with Crippen molar-refractivity contribution in [2.45, 2.75) is 33.3 Å². The van der Waals surface area contributed by atoms with Gasteiger partial charge in [0.25, 0.3) is 5.91 Å². The lowest BCUT2D eigenvalue weighted by Crippen LogP contribution is -2.44. The Morgan fingerprint density at radius 2 is 2.00 bits per heavy atom. The monoisotopic (exact) mass is 257 g/mol. The summed E-state index contributed by atoms with van der Waals surface area (Å²) in [7, 11) is 0. The molecular formula is C10H15N3O3S. The minimum atomic E-state index is -0.702. The standard InChI is InChI=1S/C10H15N3O3S/c1-6-11-5-7(17-6)8(14)12-13-9(15)16-10(2,3)4/h5H,1-4H3,(H,12,14)(H,13,15). The molecule has 1 heterocycles. The Bertz CT molecular complexity index is 423. The lowest BCUT2D eigenvalue weighted by molar-refractivity contribution is 0.0484. The molecule has 0 aliphatic carbocycles. The summed E-state index contributed by atoms with van der Waals surface area (Å²) in [5.74, 6) is -0.415. The molecule has 0 spiro atoms. The maximum atomic E-state index is 11.5. The van der Waals surface area contributed by atoms with Gasteiger partial charge < -0.3 is 4.74 Å². The predicted molar refractivity (Wildman–Crippen MR) is 63.7 cm³/mol. The first-order valence-electron chi connectivity index (χ1n) is 5.00. The average molecular weight is 257 g/mol. The first-order valence-corrected chi connectivity index (χ1v) is 5.81. The highest BCUT2D eigenvalue weighted by atomic mass is 32.1. The van der Waals surface area contributed by atoms with E-state index in [0.717, 1.165) is 5.01 Å². The van der Waals surface area contributed by atoms with Gasteiger partial charge in [0.2, 0.25) is 0 Å².